The van der Waals surface area contributed by atoms with Gasteiger partial charge in [-0.25, -0.2) is 0 Å². The van der Waals surface area contributed by atoms with Gasteiger partial charge >= 0.3 is 5.97 Å². The smallest absolute Gasteiger partial charge is 0.303 e. The molecule has 5 aliphatic rings. The quantitative estimate of drug-likeness (QED) is 0.280. The van der Waals surface area contributed by atoms with E-state index in [0.717, 1.165) is 32.1 Å². The van der Waals surface area contributed by atoms with Crippen molar-refractivity contribution >= 4 is 11.9 Å². The lowest BCUT2D eigenvalue weighted by Crippen LogP contribution is -2.64. The van der Waals surface area contributed by atoms with Crippen molar-refractivity contribution in [1.29, 1.82) is 0 Å². The fraction of sp³-hybridized carbons (Fsp3) is 0.933. The average molecular weight is 568 g/mol. The number of carboxylic acids is 2. The summed E-state index contributed by atoms with van der Waals surface area (Å²) in [5.41, 5.74) is -0.0328. The number of carboxylic acid groups (broad SMARTS) is 2. The van der Waals surface area contributed by atoms with Crippen LogP contribution >= 0.6 is 0 Å². The average Bonchev–Trinajstić information content (AvgIpc) is 3.25. The molecule has 4 aliphatic carbocycles. The molecule has 5 N–H and O–H groups in total. The number of rotatable bonds is 7. The Hall–Kier alpha value is -1.30. The van der Waals surface area contributed by atoms with Crippen LogP contribution < -0.4 is 5.11 Å². The summed E-state index contributed by atoms with van der Waals surface area (Å²) in [6, 6.07) is 0. The van der Waals surface area contributed by atoms with Gasteiger partial charge in [0.15, 0.2) is 6.29 Å². The Morgan fingerprint density at radius 3 is 2.27 bits per heavy atom. The van der Waals surface area contributed by atoms with Crippen molar-refractivity contribution in [3.05, 3.63) is 0 Å². The molecule has 0 spiro atoms. The largest absolute Gasteiger partial charge is 0.547 e. The van der Waals surface area contributed by atoms with Crippen molar-refractivity contribution < 1.29 is 49.7 Å². The zero-order valence-electron chi connectivity index (χ0n) is 23.9. The summed E-state index contributed by atoms with van der Waals surface area (Å²) >= 11 is 0. The summed E-state index contributed by atoms with van der Waals surface area (Å²) in [7, 11) is 0. The van der Waals surface area contributed by atoms with Gasteiger partial charge in [-0.3, -0.25) is 4.79 Å². The van der Waals surface area contributed by atoms with Crippen molar-refractivity contribution in [2.45, 2.75) is 128 Å². The molecular formula is C30H47O10-. The standard InChI is InChI=1S/C30H48O10/c1-14(4-7-22(32)33)17-5-6-18-16-13-21(39-28-25(36)23(34)24(35)26(40-28)27(37)38)20-12-15(31)8-10-30(20,3)19(16)9-11-29(17,18)2/h14-21,23-26,28,31,34-36H,4-13H2,1-3H3,(H,32,33)(H,37,38)/p-1. The first-order valence-corrected chi connectivity index (χ1v) is 15.2. The van der Waals surface area contributed by atoms with Gasteiger partial charge in [-0.1, -0.05) is 20.8 Å². The minimum atomic E-state index is -1.84. The number of hydrogen-bond donors (Lipinski definition) is 5. The van der Waals surface area contributed by atoms with Gasteiger partial charge in [0.05, 0.1) is 18.2 Å². The van der Waals surface area contributed by atoms with Crippen molar-refractivity contribution in [2.75, 3.05) is 0 Å². The molecule has 10 nitrogen and oxygen atoms in total. The van der Waals surface area contributed by atoms with Gasteiger partial charge in [0.25, 0.3) is 0 Å². The normalized spacial score (nSPS) is 51.3. The SMILES string of the molecule is CC(CCC(=O)O)C1CCC2C3CC(OC4OC(C(=O)[O-])C(O)C(O)C4O)C4CC(O)CCC4(C)C3CCC12C. The van der Waals surface area contributed by atoms with E-state index in [1.807, 2.05) is 0 Å². The molecule has 4 saturated carbocycles. The molecule has 1 aliphatic heterocycles. The van der Waals surface area contributed by atoms with Crippen LogP contribution in [0.1, 0.15) is 85.0 Å². The van der Waals surface area contributed by atoms with Crippen LogP contribution in [-0.2, 0) is 19.1 Å². The maximum atomic E-state index is 11.6. The molecular weight excluding hydrogens is 520 g/mol. The molecule has 1 saturated heterocycles. The number of ether oxygens (including phenoxy) is 2. The lowest BCUT2D eigenvalue weighted by Gasteiger charge is -2.63. The Morgan fingerprint density at radius 1 is 0.925 bits per heavy atom. The molecule has 15 atom stereocenters. The summed E-state index contributed by atoms with van der Waals surface area (Å²) in [5, 5.41) is 62.7. The molecule has 10 heteroatoms. The first-order chi connectivity index (χ1) is 18.8. The number of aliphatic carboxylic acids is 2. The molecule has 0 bridgehead atoms. The van der Waals surface area contributed by atoms with Crippen LogP contribution in [0.5, 0.6) is 0 Å². The Labute approximate surface area is 236 Å². The van der Waals surface area contributed by atoms with Gasteiger partial charge in [-0.05, 0) is 104 Å². The molecule has 40 heavy (non-hydrogen) atoms. The summed E-state index contributed by atoms with van der Waals surface area (Å²) < 4.78 is 11.9. The van der Waals surface area contributed by atoms with E-state index in [-0.39, 0.29) is 23.2 Å². The van der Waals surface area contributed by atoms with E-state index in [1.165, 1.54) is 0 Å². The maximum Gasteiger partial charge on any atom is 0.303 e. The number of fused-ring (bicyclic) bond motifs is 5. The number of carbonyl (C=O) groups excluding carboxylic acids is 1. The van der Waals surface area contributed by atoms with Crippen LogP contribution in [-0.4, -0.2) is 80.4 Å². The molecule has 0 aromatic carbocycles. The highest BCUT2D eigenvalue weighted by Crippen LogP contribution is 2.68. The molecule has 0 aromatic rings. The lowest BCUT2D eigenvalue weighted by molar-refractivity contribution is -0.358. The molecule has 5 fully saturated rings. The number of carbonyl (C=O) groups is 2. The predicted molar refractivity (Wildman–Crippen MR) is 139 cm³/mol. The Balaban J connectivity index is 1.41. The predicted octanol–water partition coefficient (Wildman–Crippen LogP) is 1.06. The minimum absolute atomic E-state index is 0.0326. The van der Waals surface area contributed by atoms with E-state index in [4.69, 9.17) is 9.47 Å². The third-order valence-corrected chi connectivity index (χ3v) is 12.3. The molecule has 5 rings (SSSR count). The number of aliphatic hydroxyl groups excluding tert-OH is 4. The zero-order chi connectivity index (χ0) is 29.1. The van der Waals surface area contributed by atoms with Crippen molar-refractivity contribution in [1.82, 2.24) is 0 Å². The number of hydrogen-bond acceptors (Lipinski definition) is 9. The summed E-state index contributed by atoms with van der Waals surface area (Å²) in [4.78, 5) is 22.8. The fourth-order valence-electron chi connectivity index (χ4n) is 10.3. The summed E-state index contributed by atoms with van der Waals surface area (Å²) in [6.45, 7) is 6.87. The van der Waals surface area contributed by atoms with E-state index >= 15 is 0 Å². The third-order valence-electron chi connectivity index (χ3n) is 12.3. The van der Waals surface area contributed by atoms with Crippen LogP contribution in [0, 0.1) is 46.3 Å². The van der Waals surface area contributed by atoms with Gasteiger partial charge in [0.1, 0.15) is 24.4 Å². The van der Waals surface area contributed by atoms with Gasteiger partial charge in [0, 0.05) is 6.42 Å². The maximum absolute atomic E-state index is 11.6. The van der Waals surface area contributed by atoms with E-state index in [0.29, 0.717) is 55.3 Å². The van der Waals surface area contributed by atoms with Gasteiger partial charge in [-0.2, -0.15) is 0 Å². The highest BCUT2D eigenvalue weighted by atomic mass is 16.7. The third kappa shape index (κ3) is 5.00. The van der Waals surface area contributed by atoms with E-state index in [9.17, 15) is 40.2 Å². The second kappa shape index (κ2) is 11.1. The van der Waals surface area contributed by atoms with Crippen LogP contribution in [0.2, 0.25) is 0 Å². The van der Waals surface area contributed by atoms with Gasteiger partial charge < -0.3 is 44.9 Å². The van der Waals surface area contributed by atoms with Crippen LogP contribution in [0.4, 0.5) is 0 Å². The van der Waals surface area contributed by atoms with E-state index < -0.39 is 54.9 Å². The summed E-state index contributed by atoms with van der Waals surface area (Å²) in [5.74, 6) is -0.528. The molecule has 0 aromatic heterocycles. The summed E-state index contributed by atoms with van der Waals surface area (Å²) in [6.07, 6.45) is -1.50. The van der Waals surface area contributed by atoms with Crippen molar-refractivity contribution in [3.8, 4) is 0 Å². The number of aliphatic hydroxyl groups is 4. The van der Waals surface area contributed by atoms with E-state index in [1.54, 1.807) is 0 Å². The molecule has 0 amide bonds. The second-order valence-corrected chi connectivity index (χ2v) is 14.2. The Bertz CT molecular complexity index is 959. The van der Waals surface area contributed by atoms with Crippen molar-refractivity contribution in [2.24, 2.45) is 46.3 Å². The molecule has 1 heterocycles. The highest BCUT2D eigenvalue weighted by Gasteiger charge is 2.63. The van der Waals surface area contributed by atoms with Crippen LogP contribution in [0.25, 0.3) is 0 Å². The van der Waals surface area contributed by atoms with Gasteiger partial charge in [0.2, 0.25) is 0 Å². The second-order valence-electron chi connectivity index (χ2n) is 14.2. The first kappa shape index (κ1) is 30.2. The van der Waals surface area contributed by atoms with E-state index in [2.05, 4.69) is 20.8 Å². The molecule has 15 unspecified atom stereocenters. The van der Waals surface area contributed by atoms with Crippen molar-refractivity contribution in [3.63, 3.8) is 0 Å². The first-order valence-electron chi connectivity index (χ1n) is 15.2. The fourth-order valence-corrected chi connectivity index (χ4v) is 10.3. The van der Waals surface area contributed by atoms with Crippen LogP contribution in [0.15, 0.2) is 0 Å². The molecule has 228 valence electrons. The monoisotopic (exact) mass is 567 g/mol. The topological polar surface area (TPSA) is 177 Å². The van der Waals surface area contributed by atoms with Gasteiger partial charge in [-0.15, -0.1) is 0 Å². The van der Waals surface area contributed by atoms with Crippen LogP contribution in [0.3, 0.4) is 0 Å². The molecule has 0 radical (unpaired) electrons. The minimum Gasteiger partial charge on any atom is -0.547 e. The Kier molecular flexibility index (Phi) is 8.36. The Morgan fingerprint density at radius 2 is 1.60 bits per heavy atom. The highest BCUT2D eigenvalue weighted by molar-refractivity contribution is 5.71. The zero-order valence-corrected chi connectivity index (χ0v) is 23.9. The lowest BCUT2D eigenvalue weighted by atomic mass is 9.43.